The molecule has 0 saturated heterocycles. The number of hydrogen-bond donors (Lipinski definition) is 0. The number of ether oxygens (including phenoxy) is 1. The molecule has 3 aromatic rings. The molecule has 21 heavy (non-hydrogen) atoms. The quantitative estimate of drug-likeness (QED) is 0.627. The van der Waals surface area contributed by atoms with Gasteiger partial charge in [-0.25, -0.2) is 9.97 Å². The number of fused-ring (bicyclic) bond motifs is 1. The number of benzene rings is 1. The van der Waals surface area contributed by atoms with E-state index in [1.54, 1.807) is 18.4 Å². The van der Waals surface area contributed by atoms with Crippen LogP contribution in [0.25, 0.3) is 21.6 Å². The Labute approximate surface area is 132 Å². The topological polar surface area (TPSA) is 35.0 Å². The summed E-state index contributed by atoms with van der Waals surface area (Å²) in [7, 11) is 1.64. The molecule has 2 heterocycles. The normalized spacial score (nSPS) is 11.3. The van der Waals surface area contributed by atoms with Gasteiger partial charge in [0, 0.05) is 5.39 Å². The maximum Gasteiger partial charge on any atom is 0.175 e. The number of thiophene rings is 1. The monoisotopic (exact) mass is 318 g/mol. The fraction of sp³-hybridized carbons (Fsp3) is 0.250. The number of aromatic nitrogens is 2. The van der Waals surface area contributed by atoms with E-state index < -0.39 is 0 Å². The molecule has 0 unspecified atom stereocenters. The van der Waals surface area contributed by atoms with E-state index in [9.17, 15) is 0 Å². The number of methoxy groups -OCH3 is 1. The van der Waals surface area contributed by atoms with Crippen LogP contribution in [-0.2, 0) is 0 Å². The van der Waals surface area contributed by atoms with Crippen LogP contribution in [-0.4, -0.2) is 17.1 Å². The van der Waals surface area contributed by atoms with Crippen LogP contribution in [0.2, 0.25) is 5.15 Å². The summed E-state index contributed by atoms with van der Waals surface area (Å²) in [5.74, 6) is 1.83. The van der Waals surface area contributed by atoms with E-state index in [1.807, 2.05) is 17.5 Å². The first-order chi connectivity index (χ1) is 10.1. The van der Waals surface area contributed by atoms with Gasteiger partial charge in [-0.1, -0.05) is 31.5 Å². The predicted molar refractivity (Wildman–Crippen MR) is 88.5 cm³/mol. The molecule has 3 rings (SSSR count). The first kappa shape index (κ1) is 14.3. The highest BCUT2D eigenvalue weighted by molar-refractivity contribution is 7.13. The van der Waals surface area contributed by atoms with Crippen LogP contribution in [0.3, 0.4) is 0 Å². The van der Waals surface area contributed by atoms with Gasteiger partial charge in [0.15, 0.2) is 5.82 Å². The van der Waals surface area contributed by atoms with Gasteiger partial charge >= 0.3 is 0 Å². The Morgan fingerprint density at radius 1 is 1.19 bits per heavy atom. The molecule has 0 spiro atoms. The molecule has 2 aromatic heterocycles. The van der Waals surface area contributed by atoms with Gasteiger partial charge < -0.3 is 4.74 Å². The molecule has 1 aromatic carbocycles. The van der Waals surface area contributed by atoms with Crippen molar-refractivity contribution in [3.63, 3.8) is 0 Å². The van der Waals surface area contributed by atoms with Crippen molar-refractivity contribution < 1.29 is 4.74 Å². The molecule has 0 bridgehead atoms. The maximum absolute atomic E-state index is 6.36. The zero-order valence-corrected chi connectivity index (χ0v) is 13.6. The highest BCUT2D eigenvalue weighted by atomic mass is 35.5. The average Bonchev–Trinajstić information content (AvgIpc) is 2.95. The van der Waals surface area contributed by atoms with Crippen molar-refractivity contribution in [2.45, 2.75) is 19.8 Å². The largest absolute Gasteiger partial charge is 0.495 e. The summed E-state index contributed by atoms with van der Waals surface area (Å²) >= 11 is 7.91. The Bertz CT molecular complexity index is 798. The fourth-order valence-corrected chi connectivity index (χ4v) is 3.21. The van der Waals surface area contributed by atoms with Crippen molar-refractivity contribution in [2.75, 3.05) is 7.11 Å². The van der Waals surface area contributed by atoms with E-state index in [2.05, 4.69) is 35.9 Å². The zero-order chi connectivity index (χ0) is 15.0. The van der Waals surface area contributed by atoms with E-state index in [0.717, 1.165) is 21.5 Å². The molecular weight excluding hydrogens is 304 g/mol. The second-order valence-corrected chi connectivity index (χ2v) is 6.36. The summed E-state index contributed by atoms with van der Waals surface area (Å²) in [6, 6.07) is 8.06. The lowest BCUT2D eigenvalue weighted by molar-refractivity contribution is 0.418. The highest BCUT2D eigenvalue weighted by Gasteiger charge is 2.14. The maximum atomic E-state index is 6.36. The second kappa shape index (κ2) is 5.62. The van der Waals surface area contributed by atoms with Crippen molar-refractivity contribution >= 4 is 33.8 Å². The molecule has 0 aliphatic rings. The third kappa shape index (κ3) is 2.61. The molecule has 0 aliphatic heterocycles. The molecule has 0 amide bonds. The van der Waals surface area contributed by atoms with Crippen LogP contribution in [0.15, 0.2) is 29.6 Å². The minimum Gasteiger partial charge on any atom is -0.495 e. The lowest BCUT2D eigenvalue weighted by Gasteiger charge is -2.09. The summed E-state index contributed by atoms with van der Waals surface area (Å²) in [5.41, 5.74) is 2.08. The van der Waals surface area contributed by atoms with E-state index in [1.165, 1.54) is 5.56 Å². The number of hydrogen-bond acceptors (Lipinski definition) is 4. The molecule has 3 nitrogen and oxygen atoms in total. The third-order valence-electron chi connectivity index (χ3n) is 3.39. The minimum atomic E-state index is 0.447. The van der Waals surface area contributed by atoms with Crippen molar-refractivity contribution in [2.24, 2.45) is 0 Å². The molecule has 0 N–H and O–H groups in total. The van der Waals surface area contributed by atoms with Crippen LogP contribution < -0.4 is 4.74 Å². The van der Waals surface area contributed by atoms with Crippen LogP contribution in [0, 0.1) is 0 Å². The van der Waals surface area contributed by atoms with Gasteiger partial charge in [-0.3, -0.25) is 0 Å². The van der Waals surface area contributed by atoms with E-state index in [0.29, 0.717) is 16.9 Å². The molecule has 0 radical (unpaired) electrons. The van der Waals surface area contributed by atoms with Gasteiger partial charge in [0.25, 0.3) is 0 Å². The van der Waals surface area contributed by atoms with Crippen LogP contribution in [0.5, 0.6) is 5.75 Å². The number of nitrogens with zero attached hydrogens (tertiary/aromatic N) is 2. The average molecular weight is 319 g/mol. The summed E-state index contributed by atoms with van der Waals surface area (Å²) in [4.78, 5) is 9.96. The van der Waals surface area contributed by atoms with Crippen molar-refractivity contribution in [1.29, 1.82) is 0 Å². The van der Waals surface area contributed by atoms with Gasteiger partial charge in [-0.05, 0) is 35.1 Å². The minimum absolute atomic E-state index is 0.447. The first-order valence-electron chi connectivity index (χ1n) is 6.69. The molecule has 0 atom stereocenters. The second-order valence-electron chi connectivity index (χ2n) is 5.09. The smallest absolute Gasteiger partial charge is 0.175 e. The van der Waals surface area contributed by atoms with Gasteiger partial charge in [-0.2, -0.15) is 0 Å². The van der Waals surface area contributed by atoms with Crippen molar-refractivity contribution in [3.8, 4) is 16.5 Å². The molecule has 108 valence electrons. The highest BCUT2D eigenvalue weighted by Crippen LogP contribution is 2.35. The van der Waals surface area contributed by atoms with Crippen LogP contribution >= 0.6 is 22.9 Å². The van der Waals surface area contributed by atoms with Crippen LogP contribution in [0.1, 0.15) is 25.3 Å². The Morgan fingerprint density at radius 2 is 2.00 bits per heavy atom. The van der Waals surface area contributed by atoms with Gasteiger partial charge in [0.05, 0.1) is 12.6 Å². The summed E-state index contributed by atoms with van der Waals surface area (Å²) < 4.78 is 5.33. The lowest BCUT2D eigenvalue weighted by atomic mass is 10.0. The number of rotatable bonds is 3. The Balaban J connectivity index is 2.18. The summed E-state index contributed by atoms with van der Waals surface area (Å²) in [6.45, 7) is 4.31. The Morgan fingerprint density at radius 3 is 2.71 bits per heavy atom. The summed E-state index contributed by atoms with van der Waals surface area (Å²) in [6.07, 6.45) is 0. The molecule has 0 aliphatic carbocycles. The zero-order valence-electron chi connectivity index (χ0n) is 12.1. The van der Waals surface area contributed by atoms with Crippen molar-refractivity contribution in [1.82, 2.24) is 9.97 Å². The first-order valence-corrected chi connectivity index (χ1v) is 7.95. The van der Waals surface area contributed by atoms with Crippen molar-refractivity contribution in [3.05, 3.63) is 40.4 Å². The molecule has 0 saturated carbocycles. The van der Waals surface area contributed by atoms with E-state index in [-0.39, 0.29) is 0 Å². The SMILES string of the molecule is COc1ccsc1-c1nc(Cl)c2cc(C(C)C)ccc2n1. The fourth-order valence-electron chi connectivity index (χ4n) is 2.19. The van der Waals surface area contributed by atoms with E-state index in [4.69, 9.17) is 16.3 Å². The van der Waals surface area contributed by atoms with Crippen LogP contribution in [0.4, 0.5) is 0 Å². The molecule has 0 fully saturated rings. The summed E-state index contributed by atoms with van der Waals surface area (Å²) in [5, 5.41) is 3.33. The number of halogens is 1. The van der Waals surface area contributed by atoms with Gasteiger partial charge in [-0.15, -0.1) is 11.3 Å². The van der Waals surface area contributed by atoms with E-state index >= 15 is 0 Å². The van der Waals surface area contributed by atoms with Gasteiger partial charge in [0.1, 0.15) is 15.8 Å². The Hall–Kier alpha value is -1.65. The third-order valence-corrected chi connectivity index (χ3v) is 4.57. The van der Waals surface area contributed by atoms with Gasteiger partial charge in [0.2, 0.25) is 0 Å². The predicted octanol–water partition coefficient (Wildman–Crippen LogP) is 5.14. The molecular formula is C16H15ClN2OS. The Kier molecular flexibility index (Phi) is 3.83. The molecule has 5 heteroatoms. The standard InChI is InChI=1S/C16H15ClN2OS/c1-9(2)10-4-5-12-11(8-10)15(17)19-16(18-12)14-13(20-3)6-7-21-14/h4-9H,1-3H3. The lowest BCUT2D eigenvalue weighted by Crippen LogP contribution is -1.94.